The molecule has 16 rings (SSSR count). The predicted octanol–water partition coefficient (Wildman–Crippen LogP) is 17.7. The number of rotatable bonds is 10. The maximum absolute atomic E-state index is 6.81. The highest BCUT2D eigenvalue weighted by Crippen LogP contribution is 2.42. The zero-order valence-electron chi connectivity index (χ0n) is 44.4. The largest absolute Gasteiger partial charge is 0.434 e. The highest BCUT2D eigenvalue weighted by atomic mass is 16.3. The average molecular weight is 1060 g/mol. The van der Waals surface area contributed by atoms with E-state index >= 15 is 0 Å². The van der Waals surface area contributed by atoms with Crippen LogP contribution in [0.3, 0.4) is 0 Å². The molecule has 10 nitrogen and oxygen atoms in total. The summed E-state index contributed by atoms with van der Waals surface area (Å²) in [5.74, 6) is 4.26. The minimum Gasteiger partial charge on any atom is -0.434 e. The number of para-hydroxylation sites is 1. The lowest BCUT2D eigenvalue weighted by atomic mass is 10.0. The minimum absolute atomic E-state index is 0.570. The number of aromatic nitrogens is 9. The molecule has 83 heavy (non-hydrogen) atoms. The van der Waals surface area contributed by atoms with Gasteiger partial charge in [-0.15, -0.1) is 0 Å². The quantitative estimate of drug-likeness (QED) is 0.133. The fourth-order valence-corrected chi connectivity index (χ4v) is 11.5. The minimum atomic E-state index is 0.570. The number of benzene rings is 11. The van der Waals surface area contributed by atoms with Crippen molar-refractivity contribution in [2.75, 3.05) is 0 Å². The molecule has 5 heterocycles. The lowest BCUT2D eigenvalue weighted by Gasteiger charge is -2.11. The highest BCUT2D eigenvalue weighted by molar-refractivity contribution is 6.18. The van der Waals surface area contributed by atoms with Gasteiger partial charge < -0.3 is 13.6 Å². The standard InChI is InChI=1S/C73H45N9O/c1-6-18-46(19-7-1)67-75-68(47-20-8-2-9-21-47)78-71(77-67)50-30-36-55(37-31-50)81-62-29-17-16-28-57(62)59-44-53(34-42-63(59)81)54-35-43-64-60(45-54)58-40-41-61-66(83-73(74-61)52-26-14-5-15-27-52)65(58)82(64)56-38-32-51(33-39-56)72-79-69(48-22-10-3-11-23-48)76-70(80-72)49-24-12-4-13-25-49/h1-45H. The van der Waals surface area contributed by atoms with Crippen molar-refractivity contribution in [2.24, 2.45) is 0 Å². The van der Waals surface area contributed by atoms with E-state index in [2.05, 4.69) is 130 Å². The van der Waals surface area contributed by atoms with E-state index in [1.54, 1.807) is 0 Å². The molecule has 16 aromatic rings. The van der Waals surface area contributed by atoms with E-state index in [0.29, 0.717) is 46.4 Å². The second-order valence-corrected chi connectivity index (χ2v) is 20.5. The second kappa shape index (κ2) is 19.7. The van der Waals surface area contributed by atoms with Crippen molar-refractivity contribution in [3.8, 4) is 102 Å². The van der Waals surface area contributed by atoms with Gasteiger partial charge in [0, 0.05) is 71.9 Å². The molecular weight excluding hydrogens is 1020 g/mol. The molecule has 0 unspecified atom stereocenters. The van der Waals surface area contributed by atoms with Gasteiger partial charge in [-0.05, 0) is 114 Å². The van der Waals surface area contributed by atoms with Crippen molar-refractivity contribution in [3.63, 3.8) is 0 Å². The van der Waals surface area contributed by atoms with E-state index in [9.17, 15) is 0 Å². The van der Waals surface area contributed by atoms with Crippen LogP contribution in [0.25, 0.3) is 157 Å². The Balaban J connectivity index is 0.800. The molecule has 0 fully saturated rings. The van der Waals surface area contributed by atoms with Crippen LogP contribution in [0, 0.1) is 0 Å². The number of hydrogen-bond acceptors (Lipinski definition) is 8. The molecule has 0 bridgehead atoms. The molecule has 0 amide bonds. The summed E-state index contributed by atoms with van der Waals surface area (Å²) >= 11 is 0. The van der Waals surface area contributed by atoms with E-state index in [-0.39, 0.29) is 0 Å². The molecule has 0 N–H and O–H groups in total. The van der Waals surface area contributed by atoms with Crippen molar-refractivity contribution < 1.29 is 4.42 Å². The van der Waals surface area contributed by atoms with Crippen LogP contribution < -0.4 is 0 Å². The topological polar surface area (TPSA) is 113 Å². The van der Waals surface area contributed by atoms with Crippen LogP contribution >= 0.6 is 0 Å². The van der Waals surface area contributed by atoms with Gasteiger partial charge in [0.25, 0.3) is 0 Å². The molecule has 0 aliphatic rings. The van der Waals surface area contributed by atoms with Crippen molar-refractivity contribution in [3.05, 3.63) is 273 Å². The third kappa shape index (κ3) is 8.40. The molecule has 388 valence electrons. The third-order valence-corrected chi connectivity index (χ3v) is 15.5. The van der Waals surface area contributed by atoms with Gasteiger partial charge in [-0.1, -0.05) is 170 Å². The van der Waals surface area contributed by atoms with Crippen LogP contribution in [-0.4, -0.2) is 44.0 Å². The Kier molecular flexibility index (Phi) is 11.3. The van der Waals surface area contributed by atoms with Crippen LogP contribution in [0.1, 0.15) is 0 Å². The lowest BCUT2D eigenvalue weighted by Crippen LogP contribution is -2.00. The van der Waals surface area contributed by atoms with Gasteiger partial charge in [-0.3, -0.25) is 0 Å². The van der Waals surface area contributed by atoms with E-state index in [4.69, 9.17) is 39.3 Å². The molecule has 0 aliphatic heterocycles. The molecule has 0 atom stereocenters. The Morgan fingerprint density at radius 2 is 0.590 bits per heavy atom. The molecule has 0 radical (unpaired) electrons. The lowest BCUT2D eigenvalue weighted by molar-refractivity contribution is 0.621. The maximum Gasteiger partial charge on any atom is 0.227 e. The molecular formula is C73H45N9O. The summed E-state index contributed by atoms with van der Waals surface area (Å²) in [7, 11) is 0. The average Bonchev–Trinajstić information content (AvgIpc) is 2.65. The molecule has 0 aliphatic carbocycles. The summed E-state index contributed by atoms with van der Waals surface area (Å²) in [6.07, 6.45) is 0. The molecule has 11 aromatic carbocycles. The van der Waals surface area contributed by atoms with E-state index < -0.39 is 0 Å². The van der Waals surface area contributed by atoms with Crippen LogP contribution in [0.5, 0.6) is 0 Å². The highest BCUT2D eigenvalue weighted by Gasteiger charge is 2.22. The zero-order valence-corrected chi connectivity index (χ0v) is 44.4. The molecule has 0 saturated heterocycles. The van der Waals surface area contributed by atoms with Crippen molar-refractivity contribution in [1.29, 1.82) is 0 Å². The van der Waals surface area contributed by atoms with Crippen LogP contribution in [0.2, 0.25) is 0 Å². The fraction of sp³-hybridized carbons (Fsp3) is 0. The first-order chi connectivity index (χ1) is 41.1. The Morgan fingerprint density at radius 1 is 0.241 bits per heavy atom. The van der Waals surface area contributed by atoms with Crippen molar-refractivity contribution >= 4 is 54.7 Å². The van der Waals surface area contributed by atoms with Gasteiger partial charge >= 0.3 is 0 Å². The smallest absolute Gasteiger partial charge is 0.227 e. The van der Waals surface area contributed by atoms with Crippen molar-refractivity contribution in [1.82, 2.24) is 44.0 Å². The number of hydrogen-bond donors (Lipinski definition) is 0. The summed E-state index contributed by atoms with van der Waals surface area (Å²) in [4.78, 5) is 34.9. The van der Waals surface area contributed by atoms with Crippen molar-refractivity contribution in [2.45, 2.75) is 0 Å². The van der Waals surface area contributed by atoms with Crippen LogP contribution in [0.4, 0.5) is 0 Å². The monoisotopic (exact) mass is 1060 g/mol. The third-order valence-electron chi connectivity index (χ3n) is 15.5. The Hall–Kier alpha value is -11.5. The van der Waals surface area contributed by atoms with Gasteiger partial charge in [0.2, 0.25) is 5.89 Å². The summed E-state index contributed by atoms with van der Waals surface area (Å²) < 4.78 is 11.4. The van der Waals surface area contributed by atoms with Gasteiger partial charge in [-0.2, -0.15) is 0 Å². The Bertz CT molecular complexity index is 4990. The first-order valence-electron chi connectivity index (χ1n) is 27.5. The van der Waals surface area contributed by atoms with E-state index in [1.165, 1.54) is 5.39 Å². The van der Waals surface area contributed by atoms with Gasteiger partial charge in [0.15, 0.2) is 40.5 Å². The summed E-state index contributed by atoms with van der Waals surface area (Å²) in [5.41, 5.74) is 16.3. The first kappa shape index (κ1) is 47.5. The fourth-order valence-electron chi connectivity index (χ4n) is 11.5. The second-order valence-electron chi connectivity index (χ2n) is 20.5. The molecule has 10 heteroatoms. The summed E-state index contributed by atoms with van der Waals surface area (Å²) in [6, 6.07) is 93.8. The van der Waals surface area contributed by atoms with E-state index in [0.717, 1.165) is 105 Å². The predicted molar refractivity (Wildman–Crippen MR) is 333 cm³/mol. The summed E-state index contributed by atoms with van der Waals surface area (Å²) in [6.45, 7) is 0. The first-order valence-corrected chi connectivity index (χ1v) is 27.5. The SMILES string of the molecule is c1ccc(-c2nc(-c3ccccc3)nc(-c3ccc(-n4c5ccccc5c5cc(-c6ccc7c(c6)c6ccc8nc(-c9ccccc9)oc8c6n7-c6ccc(-c7nc(-c8ccccc8)nc(-c8ccccc8)n7)cc6)ccc54)cc3)n2)cc1. The number of fused-ring (bicyclic) bond motifs is 8. The normalized spacial score (nSPS) is 11.6. The zero-order chi connectivity index (χ0) is 54.8. The number of nitrogens with zero attached hydrogens (tertiary/aromatic N) is 9. The van der Waals surface area contributed by atoms with Gasteiger partial charge in [0.1, 0.15) is 5.52 Å². The van der Waals surface area contributed by atoms with Gasteiger partial charge in [-0.25, -0.2) is 34.9 Å². The Morgan fingerprint density at radius 3 is 1.05 bits per heavy atom. The molecule has 5 aromatic heterocycles. The molecule has 0 saturated carbocycles. The number of oxazole rings is 1. The van der Waals surface area contributed by atoms with Gasteiger partial charge in [0.05, 0.1) is 22.1 Å². The van der Waals surface area contributed by atoms with Crippen LogP contribution in [-0.2, 0) is 0 Å². The maximum atomic E-state index is 6.81. The summed E-state index contributed by atoms with van der Waals surface area (Å²) in [5, 5.41) is 4.46. The Labute approximate surface area is 476 Å². The molecule has 0 spiro atoms. The van der Waals surface area contributed by atoms with E-state index in [1.807, 2.05) is 152 Å². The van der Waals surface area contributed by atoms with Crippen LogP contribution in [0.15, 0.2) is 277 Å².